The number of hydrogen-bond acceptors (Lipinski definition) is 4. The first-order chi connectivity index (χ1) is 7.18. The number of thiol groups is 1. The number of alkyl carbamates (subject to hydrolysis) is 1. The lowest BCUT2D eigenvalue weighted by Gasteiger charge is -2.08. The number of rotatable bonds is 4. The van der Waals surface area contributed by atoms with E-state index in [1.807, 2.05) is 30.3 Å². The molecule has 4 nitrogen and oxygen atoms in total. The highest BCUT2D eigenvalue weighted by Gasteiger charge is 2.03. The summed E-state index contributed by atoms with van der Waals surface area (Å²) in [6.07, 6.45) is -0.483. The first kappa shape index (κ1) is 11.9. The van der Waals surface area contributed by atoms with Gasteiger partial charge in [0.15, 0.2) is 0 Å². The molecule has 1 aromatic carbocycles. The quantitative estimate of drug-likeness (QED) is 0.532. The van der Waals surface area contributed by atoms with E-state index in [1.54, 1.807) is 0 Å². The fourth-order valence-corrected chi connectivity index (χ4v) is 1.05. The summed E-state index contributed by atoms with van der Waals surface area (Å²) in [6.45, 7) is 0.547. The molecule has 0 radical (unpaired) electrons. The van der Waals surface area contributed by atoms with Crippen molar-refractivity contribution >= 4 is 18.7 Å². The molecule has 1 unspecified atom stereocenters. The predicted octanol–water partition coefficient (Wildman–Crippen LogP) is 1.13. The van der Waals surface area contributed by atoms with Crippen LogP contribution in [0.1, 0.15) is 5.56 Å². The molecule has 0 aromatic heterocycles. The maximum absolute atomic E-state index is 11.1. The molecule has 0 aliphatic heterocycles. The lowest BCUT2D eigenvalue weighted by Crippen LogP contribution is -2.34. The number of nitrogens with two attached hydrogens (primary N) is 1. The van der Waals surface area contributed by atoms with Gasteiger partial charge in [-0.2, -0.15) is 12.6 Å². The summed E-state index contributed by atoms with van der Waals surface area (Å²) in [5.74, 6) is 0. The highest BCUT2D eigenvalue weighted by molar-refractivity contribution is 7.80. The van der Waals surface area contributed by atoms with Crippen LogP contribution in [0.5, 0.6) is 0 Å². The van der Waals surface area contributed by atoms with E-state index in [0.29, 0.717) is 0 Å². The first-order valence-corrected chi connectivity index (χ1v) is 5.08. The van der Waals surface area contributed by atoms with Crippen molar-refractivity contribution in [2.75, 3.05) is 6.54 Å². The van der Waals surface area contributed by atoms with E-state index in [-0.39, 0.29) is 18.5 Å². The lowest BCUT2D eigenvalue weighted by atomic mass is 10.2. The summed E-state index contributed by atoms with van der Waals surface area (Å²) >= 11 is 3.92. The van der Waals surface area contributed by atoms with Crippen LogP contribution in [-0.2, 0) is 11.3 Å². The van der Waals surface area contributed by atoms with Crippen molar-refractivity contribution in [2.45, 2.75) is 12.0 Å². The van der Waals surface area contributed by atoms with Crippen molar-refractivity contribution in [3.05, 3.63) is 35.9 Å². The summed E-state index contributed by atoms with van der Waals surface area (Å²) in [6, 6.07) is 9.46. The van der Waals surface area contributed by atoms with E-state index in [4.69, 9.17) is 10.5 Å². The van der Waals surface area contributed by atoms with Crippen LogP contribution in [0.15, 0.2) is 30.3 Å². The largest absolute Gasteiger partial charge is 0.445 e. The molecule has 0 bridgehead atoms. The molecule has 3 N–H and O–H groups in total. The van der Waals surface area contributed by atoms with Gasteiger partial charge in [-0.3, -0.25) is 0 Å². The molecule has 0 spiro atoms. The normalized spacial score (nSPS) is 11.9. The summed E-state index contributed by atoms with van der Waals surface area (Å²) in [7, 11) is 0. The standard InChI is InChI=1S/C10H14N2O2S/c11-9(15)6-12-10(13)14-7-8-4-2-1-3-5-8/h1-5,9,15H,6-7,11H2,(H,12,13). The van der Waals surface area contributed by atoms with Crippen LogP contribution in [0.2, 0.25) is 0 Å². The highest BCUT2D eigenvalue weighted by atomic mass is 32.1. The molecule has 0 heterocycles. The molecule has 0 fully saturated rings. The van der Waals surface area contributed by atoms with Gasteiger partial charge < -0.3 is 15.8 Å². The molecule has 82 valence electrons. The monoisotopic (exact) mass is 226 g/mol. The van der Waals surface area contributed by atoms with Gasteiger partial charge in [-0.25, -0.2) is 4.79 Å². The molecular formula is C10H14N2O2S. The van der Waals surface area contributed by atoms with Crippen molar-refractivity contribution in [1.82, 2.24) is 5.32 Å². The number of ether oxygens (including phenoxy) is 1. The average molecular weight is 226 g/mol. The van der Waals surface area contributed by atoms with Crippen molar-refractivity contribution in [3.63, 3.8) is 0 Å². The van der Waals surface area contributed by atoms with Crippen LogP contribution in [0.25, 0.3) is 0 Å². The van der Waals surface area contributed by atoms with Crippen molar-refractivity contribution in [3.8, 4) is 0 Å². The Hall–Kier alpha value is -1.20. The molecule has 0 aliphatic carbocycles. The third kappa shape index (κ3) is 5.29. The second-order valence-electron chi connectivity index (χ2n) is 3.01. The fourth-order valence-electron chi connectivity index (χ4n) is 0.962. The Morgan fingerprint density at radius 3 is 2.73 bits per heavy atom. The number of carbonyl (C=O) groups is 1. The van der Waals surface area contributed by atoms with E-state index < -0.39 is 6.09 Å². The Labute approximate surface area is 94.2 Å². The molecule has 1 amide bonds. The molecule has 0 saturated carbocycles. The van der Waals surface area contributed by atoms with E-state index in [0.717, 1.165) is 5.56 Å². The molecule has 15 heavy (non-hydrogen) atoms. The maximum Gasteiger partial charge on any atom is 0.407 e. The lowest BCUT2D eigenvalue weighted by molar-refractivity contribution is 0.139. The van der Waals surface area contributed by atoms with Crippen LogP contribution < -0.4 is 11.1 Å². The van der Waals surface area contributed by atoms with Crippen molar-refractivity contribution < 1.29 is 9.53 Å². The number of benzene rings is 1. The Morgan fingerprint density at radius 1 is 1.47 bits per heavy atom. The molecule has 1 aromatic rings. The predicted molar refractivity (Wildman–Crippen MR) is 61.6 cm³/mol. The summed E-state index contributed by atoms with van der Waals surface area (Å²) in [5.41, 5.74) is 6.29. The highest BCUT2D eigenvalue weighted by Crippen LogP contribution is 2.00. The molecular weight excluding hydrogens is 212 g/mol. The Balaban J connectivity index is 2.23. The minimum Gasteiger partial charge on any atom is -0.445 e. The van der Waals surface area contributed by atoms with Crippen molar-refractivity contribution in [2.24, 2.45) is 5.73 Å². The SMILES string of the molecule is NC(S)CNC(=O)OCc1ccccc1. The number of nitrogens with one attached hydrogen (secondary N) is 1. The van der Waals surface area contributed by atoms with Crippen LogP contribution in [-0.4, -0.2) is 18.0 Å². The van der Waals surface area contributed by atoms with E-state index in [1.165, 1.54) is 0 Å². The zero-order valence-electron chi connectivity index (χ0n) is 8.22. The first-order valence-electron chi connectivity index (χ1n) is 4.56. The minimum atomic E-state index is -0.483. The van der Waals surface area contributed by atoms with Crippen LogP contribution in [0.3, 0.4) is 0 Å². The Bertz CT molecular complexity index is 304. The van der Waals surface area contributed by atoms with Gasteiger partial charge in [-0.05, 0) is 5.56 Å². The minimum absolute atomic E-state index is 0.258. The van der Waals surface area contributed by atoms with Gasteiger partial charge in [-0.1, -0.05) is 30.3 Å². The van der Waals surface area contributed by atoms with Crippen molar-refractivity contribution in [1.29, 1.82) is 0 Å². The molecule has 5 heteroatoms. The third-order valence-electron chi connectivity index (χ3n) is 1.67. The van der Waals surface area contributed by atoms with E-state index in [2.05, 4.69) is 17.9 Å². The number of hydrogen-bond donors (Lipinski definition) is 3. The van der Waals surface area contributed by atoms with Gasteiger partial charge in [0, 0.05) is 6.54 Å². The molecule has 1 rings (SSSR count). The molecule has 0 aliphatic rings. The molecule has 1 atom stereocenters. The van der Waals surface area contributed by atoms with Gasteiger partial charge in [0.2, 0.25) is 0 Å². The zero-order chi connectivity index (χ0) is 11.1. The fraction of sp³-hybridized carbons (Fsp3) is 0.300. The van der Waals surface area contributed by atoms with E-state index in [9.17, 15) is 4.79 Å². The van der Waals surface area contributed by atoms with Gasteiger partial charge in [0.1, 0.15) is 6.61 Å². The summed E-state index contributed by atoms with van der Waals surface area (Å²) in [5, 5.41) is 2.12. The Kier molecular flexibility index (Phi) is 5.00. The summed E-state index contributed by atoms with van der Waals surface area (Å²) < 4.78 is 4.94. The van der Waals surface area contributed by atoms with Gasteiger partial charge in [0.05, 0.1) is 5.37 Å². The third-order valence-corrected chi connectivity index (χ3v) is 1.85. The Morgan fingerprint density at radius 2 is 2.13 bits per heavy atom. The molecule has 0 saturated heterocycles. The van der Waals surface area contributed by atoms with E-state index >= 15 is 0 Å². The van der Waals surface area contributed by atoms with Crippen LogP contribution in [0, 0.1) is 0 Å². The topological polar surface area (TPSA) is 64.3 Å². The second kappa shape index (κ2) is 6.31. The van der Waals surface area contributed by atoms with Gasteiger partial charge in [-0.15, -0.1) is 0 Å². The average Bonchev–Trinajstić information content (AvgIpc) is 2.25. The van der Waals surface area contributed by atoms with Gasteiger partial charge in [0.25, 0.3) is 0 Å². The summed E-state index contributed by atoms with van der Waals surface area (Å²) in [4.78, 5) is 11.1. The van der Waals surface area contributed by atoms with Gasteiger partial charge >= 0.3 is 6.09 Å². The second-order valence-corrected chi connectivity index (χ2v) is 3.67. The smallest absolute Gasteiger partial charge is 0.407 e. The van der Waals surface area contributed by atoms with Crippen LogP contribution in [0.4, 0.5) is 4.79 Å². The zero-order valence-corrected chi connectivity index (χ0v) is 9.11. The van der Waals surface area contributed by atoms with Crippen LogP contribution >= 0.6 is 12.6 Å². The maximum atomic E-state index is 11.1. The number of carbonyl (C=O) groups excluding carboxylic acids is 1. The number of amides is 1.